The van der Waals surface area contributed by atoms with Gasteiger partial charge in [-0.2, -0.15) is 0 Å². The lowest BCUT2D eigenvalue weighted by molar-refractivity contribution is 0.306. The van der Waals surface area contributed by atoms with Gasteiger partial charge in [0, 0.05) is 12.1 Å². The highest BCUT2D eigenvalue weighted by Gasteiger charge is 2.08. The molecule has 15 heavy (non-hydrogen) atoms. The van der Waals surface area contributed by atoms with Crippen LogP contribution in [0.4, 0.5) is 10.1 Å². The Morgan fingerprint density at radius 1 is 1.33 bits per heavy atom. The van der Waals surface area contributed by atoms with Crippen LogP contribution in [0, 0.1) is 5.82 Å². The van der Waals surface area contributed by atoms with Crippen LogP contribution in [0.1, 0.15) is 19.8 Å². The third kappa shape index (κ3) is 3.01. The van der Waals surface area contributed by atoms with Crippen molar-refractivity contribution in [1.29, 1.82) is 0 Å². The molecule has 1 aromatic carbocycles. The first-order valence-corrected chi connectivity index (χ1v) is 4.94. The fourth-order valence-electron chi connectivity index (χ4n) is 1.16. The number of anilines is 1. The molecule has 0 bridgehead atoms. The molecule has 0 aliphatic carbocycles. The fourth-order valence-corrected chi connectivity index (χ4v) is 1.16. The van der Waals surface area contributed by atoms with E-state index in [2.05, 4.69) is 6.92 Å². The molecule has 0 aliphatic rings. The Morgan fingerprint density at radius 3 is 2.67 bits per heavy atom. The lowest BCUT2D eigenvalue weighted by atomic mass is 10.2. The summed E-state index contributed by atoms with van der Waals surface area (Å²) >= 11 is 0. The van der Waals surface area contributed by atoms with E-state index in [1.165, 1.54) is 19.2 Å². The Morgan fingerprint density at radius 2 is 2.07 bits per heavy atom. The average molecular weight is 213 g/mol. The van der Waals surface area contributed by atoms with E-state index in [1.54, 1.807) is 0 Å². The van der Waals surface area contributed by atoms with Gasteiger partial charge in [0.1, 0.15) is 5.75 Å². The summed E-state index contributed by atoms with van der Waals surface area (Å²) in [5, 5.41) is 0. The first-order valence-electron chi connectivity index (χ1n) is 4.94. The number of benzene rings is 1. The van der Waals surface area contributed by atoms with E-state index in [1.807, 2.05) is 0 Å². The zero-order valence-electron chi connectivity index (χ0n) is 9.05. The van der Waals surface area contributed by atoms with Gasteiger partial charge in [0.25, 0.3) is 0 Å². The zero-order chi connectivity index (χ0) is 11.3. The monoisotopic (exact) mass is 213 g/mol. The second-order valence-electron chi connectivity index (χ2n) is 3.23. The Labute approximate surface area is 89.0 Å². The second kappa shape index (κ2) is 5.44. The minimum Gasteiger partial charge on any atom is -0.494 e. The molecule has 0 spiro atoms. The van der Waals surface area contributed by atoms with Gasteiger partial charge in [-0.1, -0.05) is 13.3 Å². The molecule has 3 nitrogen and oxygen atoms in total. The second-order valence-corrected chi connectivity index (χ2v) is 3.23. The van der Waals surface area contributed by atoms with Gasteiger partial charge in [-0.15, -0.1) is 0 Å². The highest BCUT2D eigenvalue weighted by molar-refractivity contribution is 5.56. The summed E-state index contributed by atoms with van der Waals surface area (Å²) in [5.74, 6) is 0.148. The molecule has 0 radical (unpaired) electrons. The van der Waals surface area contributed by atoms with Crippen LogP contribution >= 0.6 is 0 Å². The highest BCUT2D eigenvalue weighted by atomic mass is 19.1. The van der Waals surface area contributed by atoms with Gasteiger partial charge in [0.05, 0.1) is 19.4 Å². The summed E-state index contributed by atoms with van der Waals surface area (Å²) < 4.78 is 23.4. The lowest BCUT2D eigenvalue weighted by Crippen LogP contribution is -2.01. The number of methoxy groups -OCH3 is 1. The van der Waals surface area contributed by atoms with Crippen LogP contribution in [0.2, 0.25) is 0 Å². The molecule has 4 heteroatoms. The fraction of sp³-hybridized carbons (Fsp3) is 0.455. The molecule has 0 aliphatic heterocycles. The van der Waals surface area contributed by atoms with E-state index in [0.717, 1.165) is 12.8 Å². The first kappa shape index (κ1) is 11.6. The van der Waals surface area contributed by atoms with Gasteiger partial charge in [0.2, 0.25) is 0 Å². The number of hydrogen-bond donors (Lipinski definition) is 1. The molecule has 1 rings (SSSR count). The molecule has 0 atom stereocenters. The molecule has 0 fully saturated rings. The third-order valence-electron chi connectivity index (χ3n) is 2.04. The summed E-state index contributed by atoms with van der Waals surface area (Å²) in [6, 6.07) is 2.68. The van der Waals surface area contributed by atoms with Gasteiger partial charge in [-0.3, -0.25) is 0 Å². The van der Waals surface area contributed by atoms with Crippen molar-refractivity contribution in [3.63, 3.8) is 0 Å². The molecule has 0 amide bonds. The van der Waals surface area contributed by atoms with Crippen molar-refractivity contribution in [1.82, 2.24) is 0 Å². The largest absolute Gasteiger partial charge is 0.494 e. The van der Waals surface area contributed by atoms with Crippen molar-refractivity contribution in [3.8, 4) is 11.5 Å². The maximum absolute atomic E-state index is 13.2. The molecule has 0 saturated carbocycles. The molecule has 0 saturated heterocycles. The summed E-state index contributed by atoms with van der Waals surface area (Å²) in [7, 11) is 1.41. The van der Waals surface area contributed by atoms with Gasteiger partial charge in [0.15, 0.2) is 11.6 Å². The Kier molecular flexibility index (Phi) is 4.21. The van der Waals surface area contributed by atoms with Crippen molar-refractivity contribution in [2.75, 3.05) is 19.5 Å². The molecular weight excluding hydrogens is 197 g/mol. The quantitative estimate of drug-likeness (QED) is 0.604. The highest BCUT2D eigenvalue weighted by Crippen LogP contribution is 2.29. The number of halogens is 1. The first-order chi connectivity index (χ1) is 7.19. The molecular formula is C11H16FNO2. The van der Waals surface area contributed by atoms with Crippen molar-refractivity contribution < 1.29 is 13.9 Å². The third-order valence-corrected chi connectivity index (χ3v) is 2.04. The predicted molar refractivity (Wildman–Crippen MR) is 57.8 cm³/mol. The normalized spacial score (nSPS) is 10.1. The van der Waals surface area contributed by atoms with Crippen LogP contribution < -0.4 is 15.2 Å². The van der Waals surface area contributed by atoms with E-state index in [9.17, 15) is 4.39 Å². The van der Waals surface area contributed by atoms with E-state index in [4.69, 9.17) is 15.2 Å². The minimum atomic E-state index is -0.474. The number of unbranched alkanes of at least 4 members (excludes halogenated alkanes) is 1. The standard InChI is InChI=1S/C11H16FNO2/c1-3-4-5-15-11-7-10(14-2)8(12)6-9(11)13/h6-7H,3-5,13H2,1-2H3. The molecule has 84 valence electrons. The molecule has 0 heterocycles. The summed E-state index contributed by atoms with van der Waals surface area (Å²) in [4.78, 5) is 0. The van der Waals surface area contributed by atoms with E-state index >= 15 is 0 Å². The maximum Gasteiger partial charge on any atom is 0.167 e. The van der Waals surface area contributed by atoms with Crippen LogP contribution in [0.25, 0.3) is 0 Å². The molecule has 0 unspecified atom stereocenters. The number of hydrogen-bond acceptors (Lipinski definition) is 3. The molecule has 1 aromatic rings. The number of nitrogens with two attached hydrogens (primary N) is 1. The lowest BCUT2D eigenvalue weighted by Gasteiger charge is -2.10. The van der Waals surface area contributed by atoms with Crippen LogP contribution in [0.3, 0.4) is 0 Å². The molecule has 0 aromatic heterocycles. The Balaban J connectivity index is 2.78. The smallest absolute Gasteiger partial charge is 0.167 e. The topological polar surface area (TPSA) is 44.5 Å². The van der Waals surface area contributed by atoms with Crippen LogP contribution in [0.15, 0.2) is 12.1 Å². The van der Waals surface area contributed by atoms with E-state index in [0.29, 0.717) is 18.0 Å². The number of rotatable bonds is 5. The Hall–Kier alpha value is -1.45. The van der Waals surface area contributed by atoms with Crippen LogP contribution in [-0.2, 0) is 0 Å². The van der Waals surface area contributed by atoms with Crippen molar-refractivity contribution in [3.05, 3.63) is 17.9 Å². The number of ether oxygens (including phenoxy) is 2. The van der Waals surface area contributed by atoms with Crippen LogP contribution in [0.5, 0.6) is 11.5 Å². The average Bonchev–Trinajstić information content (AvgIpc) is 2.21. The summed E-state index contributed by atoms with van der Waals surface area (Å²) in [5.41, 5.74) is 5.90. The minimum absolute atomic E-state index is 0.149. The maximum atomic E-state index is 13.2. The van der Waals surface area contributed by atoms with E-state index in [-0.39, 0.29) is 5.75 Å². The van der Waals surface area contributed by atoms with Gasteiger partial charge in [-0.25, -0.2) is 4.39 Å². The van der Waals surface area contributed by atoms with E-state index < -0.39 is 5.82 Å². The predicted octanol–water partition coefficient (Wildman–Crippen LogP) is 2.60. The van der Waals surface area contributed by atoms with Crippen molar-refractivity contribution in [2.45, 2.75) is 19.8 Å². The number of nitrogen functional groups attached to an aromatic ring is 1. The van der Waals surface area contributed by atoms with Gasteiger partial charge < -0.3 is 15.2 Å². The zero-order valence-corrected chi connectivity index (χ0v) is 9.05. The van der Waals surface area contributed by atoms with Gasteiger partial charge >= 0.3 is 0 Å². The molecule has 2 N–H and O–H groups in total. The summed E-state index contributed by atoms with van der Waals surface area (Å²) in [6.07, 6.45) is 1.98. The summed E-state index contributed by atoms with van der Waals surface area (Å²) in [6.45, 7) is 2.65. The van der Waals surface area contributed by atoms with Crippen LogP contribution in [-0.4, -0.2) is 13.7 Å². The van der Waals surface area contributed by atoms with Crippen molar-refractivity contribution in [2.24, 2.45) is 0 Å². The SMILES string of the molecule is CCCCOc1cc(OC)c(F)cc1N. The Bertz CT molecular complexity index is 329. The van der Waals surface area contributed by atoms with Gasteiger partial charge in [-0.05, 0) is 6.42 Å². The van der Waals surface area contributed by atoms with Crippen molar-refractivity contribution >= 4 is 5.69 Å².